The molecular weight excluding hydrogens is 389 g/mol. The van der Waals surface area contributed by atoms with Crippen molar-refractivity contribution in [2.45, 2.75) is 33.1 Å². The monoisotopic (exact) mass is 415 g/mol. The second-order valence-electron chi connectivity index (χ2n) is 7.47. The molecule has 5 heteroatoms. The van der Waals surface area contributed by atoms with Crippen molar-refractivity contribution in [2.24, 2.45) is 10.1 Å². The van der Waals surface area contributed by atoms with Gasteiger partial charge in [-0.05, 0) is 79.1 Å². The summed E-state index contributed by atoms with van der Waals surface area (Å²) in [5.41, 5.74) is 8.65. The van der Waals surface area contributed by atoms with Gasteiger partial charge < -0.3 is 4.74 Å². The first kappa shape index (κ1) is 20.8. The number of hydrazone groups is 1. The van der Waals surface area contributed by atoms with Gasteiger partial charge in [-0.3, -0.25) is 5.43 Å². The molecule has 0 aliphatic carbocycles. The smallest absolute Gasteiger partial charge is 0.154 e. The Morgan fingerprint density at radius 2 is 1.65 bits per heavy atom. The molecule has 0 radical (unpaired) electrons. The molecule has 4 nitrogen and oxygen atoms in total. The summed E-state index contributed by atoms with van der Waals surface area (Å²) in [6.07, 6.45) is 3.06. The molecule has 4 rings (SSSR count). The van der Waals surface area contributed by atoms with E-state index in [1.165, 1.54) is 17.7 Å². The standard InChI is InChI=1S/C26H26FN3O/c1-3-5-16-31-22-13-9-19(10-14-22)25-23-17-18(4-2)6-15-24(23)28-26(30-29-25)20-7-11-21(27)12-8-20/h6-15,17H,3-5,16H2,1-2H3,(H,28,30). The second kappa shape index (κ2) is 9.56. The maximum absolute atomic E-state index is 13.4. The molecule has 158 valence electrons. The van der Waals surface area contributed by atoms with Gasteiger partial charge in [-0.25, -0.2) is 9.38 Å². The minimum Gasteiger partial charge on any atom is -0.494 e. The lowest BCUT2D eigenvalue weighted by Gasteiger charge is -2.11. The van der Waals surface area contributed by atoms with Gasteiger partial charge in [-0.1, -0.05) is 26.3 Å². The Balaban J connectivity index is 1.71. The van der Waals surface area contributed by atoms with Gasteiger partial charge in [0.2, 0.25) is 0 Å². The first-order valence-electron chi connectivity index (χ1n) is 10.7. The molecule has 0 unspecified atom stereocenters. The Labute approximate surface area is 182 Å². The van der Waals surface area contributed by atoms with Crippen LogP contribution in [0, 0.1) is 5.82 Å². The lowest BCUT2D eigenvalue weighted by Crippen LogP contribution is -2.19. The number of nitrogens with zero attached hydrogens (tertiary/aromatic N) is 2. The maximum atomic E-state index is 13.4. The van der Waals surface area contributed by atoms with Gasteiger partial charge in [0.1, 0.15) is 11.6 Å². The van der Waals surface area contributed by atoms with Crippen molar-refractivity contribution in [3.8, 4) is 5.75 Å². The van der Waals surface area contributed by atoms with Gasteiger partial charge in [0.15, 0.2) is 5.84 Å². The number of ether oxygens (including phenoxy) is 1. The first-order valence-corrected chi connectivity index (χ1v) is 10.7. The molecule has 3 aromatic rings. The van der Waals surface area contributed by atoms with Crippen LogP contribution < -0.4 is 10.2 Å². The van der Waals surface area contributed by atoms with E-state index in [-0.39, 0.29) is 5.82 Å². The highest BCUT2D eigenvalue weighted by Gasteiger charge is 2.18. The fourth-order valence-corrected chi connectivity index (χ4v) is 3.41. The molecule has 1 aliphatic heterocycles. The Hall–Kier alpha value is -3.47. The van der Waals surface area contributed by atoms with Crippen LogP contribution in [0.3, 0.4) is 0 Å². The van der Waals surface area contributed by atoms with E-state index in [2.05, 4.69) is 31.4 Å². The summed E-state index contributed by atoms with van der Waals surface area (Å²) in [6.45, 7) is 4.99. The largest absolute Gasteiger partial charge is 0.494 e. The van der Waals surface area contributed by atoms with Crippen molar-refractivity contribution in [3.05, 3.63) is 94.8 Å². The number of hydrogen-bond donors (Lipinski definition) is 1. The van der Waals surface area contributed by atoms with Gasteiger partial charge >= 0.3 is 0 Å². The first-order chi connectivity index (χ1) is 15.2. The molecule has 0 atom stereocenters. The summed E-state index contributed by atoms with van der Waals surface area (Å²) in [6, 6.07) is 20.5. The molecule has 0 amide bonds. The van der Waals surface area contributed by atoms with Gasteiger partial charge in [-0.15, -0.1) is 0 Å². The van der Waals surface area contributed by atoms with E-state index in [1.54, 1.807) is 12.1 Å². The number of fused-ring (bicyclic) bond motifs is 1. The summed E-state index contributed by atoms with van der Waals surface area (Å²) < 4.78 is 19.2. The van der Waals surface area contributed by atoms with E-state index in [9.17, 15) is 4.39 Å². The second-order valence-corrected chi connectivity index (χ2v) is 7.47. The fourth-order valence-electron chi connectivity index (χ4n) is 3.41. The van der Waals surface area contributed by atoms with E-state index in [1.807, 2.05) is 30.3 Å². The number of amidine groups is 1. The third-order valence-corrected chi connectivity index (χ3v) is 5.24. The molecule has 0 saturated heterocycles. The molecule has 0 bridgehead atoms. The average molecular weight is 416 g/mol. The fraction of sp³-hybridized carbons (Fsp3) is 0.231. The number of halogens is 1. The minimum absolute atomic E-state index is 0.281. The molecule has 1 aliphatic rings. The van der Waals surface area contributed by atoms with Crippen molar-refractivity contribution in [3.63, 3.8) is 0 Å². The Morgan fingerprint density at radius 3 is 2.35 bits per heavy atom. The van der Waals surface area contributed by atoms with Crippen LogP contribution in [0.2, 0.25) is 0 Å². The molecule has 0 fully saturated rings. The van der Waals surface area contributed by atoms with Crippen molar-refractivity contribution in [2.75, 3.05) is 6.61 Å². The highest BCUT2D eigenvalue weighted by atomic mass is 19.1. The van der Waals surface area contributed by atoms with Crippen molar-refractivity contribution >= 4 is 17.2 Å². The number of hydrogen-bond acceptors (Lipinski definition) is 4. The van der Waals surface area contributed by atoms with E-state index in [0.717, 1.165) is 59.7 Å². The number of benzene rings is 3. The van der Waals surface area contributed by atoms with E-state index >= 15 is 0 Å². The zero-order chi connectivity index (χ0) is 21.6. The quantitative estimate of drug-likeness (QED) is 0.481. The molecule has 1 N–H and O–H groups in total. The normalized spacial score (nSPS) is 12.9. The van der Waals surface area contributed by atoms with Gasteiger partial charge in [0.25, 0.3) is 0 Å². The Kier molecular flexibility index (Phi) is 6.41. The van der Waals surface area contributed by atoms with Crippen LogP contribution in [0.4, 0.5) is 10.1 Å². The summed E-state index contributed by atoms with van der Waals surface area (Å²) >= 11 is 0. The van der Waals surface area contributed by atoms with Crippen LogP contribution in [-0.4, -0.2) is 18.2 Å². The van der Waals surface area contributed by atoms with Crippen LogP contribution >= 0.6 is 0 Å². The van der Waals surface area contributed by atoms with Gasteiger partial charge in [0, 0.05) is 16.7 Å². The molecule has 31 heavy (non-hydrogen) atoms. The van der Waals surface area contributed by atoms with Crippen molar-refractivity contribution in [1.82, 2.24) is 5.43 Å². The molecule has 3 aromatic carbocycles. The zero-order valence-corrected chi connectivity index (χ0v) is 17.9. The third kappa shape index (κ3) is 4.82. The van der Waals surface area contributed by atoms with E-state index < -0.39 is 0 Å². The SMILES string of the molecule is CCCCOc1ccc(C2=NNC(c3ccc(F)cc3)=Nc3ccc(CC)cc32)cc1. The van der Waals surface area contributed by atoms with Gasteiger partial charge in [-0.2, -0.15) is 5.10 Å². The molecule has 0 saturated carbocycles. The highest BCUT2D eigenvalue weighted by Crippen LogP contribution is 2.28. The third-order valence-electron chi connectivity index (χ3n) is 5.24. The molecule has 0 aromatic heterocycles. The summed E-state index contributed by atoms with van der Waals surface area (Å²) in [5, 5.41) is 4.70. The minimum atomic E-state index is -0.281. The van der Waals surface area contributed by atoms with Crippen LogP contribution in [0.5, 0.6) is 5.75 Å². The maximum Gasteiger partial charge on any atom is 0.154 e. The Bertz CT molecular complexity index is 1100. The number of aliphatic imine (C=N–C) groups is 1. The summed E-state index contributed by atoms with van der Waals surface area (Å²) in [5.74, 6) is 1.15. The average Bonchev–Trinajstić information content (AvgIpc) is 2.99. The number of aryl methyl sites for hydroxylation is 1. The molecular formula is C26H26FN3O. The highest BCUT2D eigenvalue weighted by molar-refractivity contribution is 6.18. The number of nitrogens with one attached hydrogen (secondary N) is 1. The van der Waals surface area contributed by atoms with E-state index in [0.29, 0.717) is 5.84 Å². The summed E-state index contributed by atoms with van der Waals surface area (Å²) in [7, 11) is 0. The van der Waals surface area contributed by atoms with E-state index in [4.69, 9.17) is 14.8 Å². The van der Waals surface area contributed by atoms with Crippen LogP contribution in [0.1, 0.15) is 48.9 Å². The number of rotatable bonds is 7. The molecule has 1 heterocycles. The Morgan fingerprint density at radius 1 is 0.903 bits per heavy atom. The van der Waals surface area contributed by atoms with Crippen LogP contribution in [0.15, 0.2) is 76.8 Å². The zero-order valence-electron chi connectivity index (χ0n) is 17.9. The lowest BCUT2D eigenvalue weighted by atomic mass is 9.98. The lowest BCUT2D eigenvalue weighted by molar-refractivity contribution is 0.309. The molecule has 0 spiro atoms. The van der Waals surface area contributed by atoms with Crippen molar-refractivity contribution in [1.29, 1.82) is 0 Å². The van der Waals surface area contributed by atoms with Gasteiger partial charge in [0.05, 0.1) is 18.0 Å². The predicted molar refractivity (Wildman–Crippen MR) is 124 cm³/mol. The van der Waals surface area contributed by atoms with Crippen LogP contribution in [-0.2, 0) is 6.42 Å². The summed E-state index contributed by atoms with van der Waals surface area (Å²) in [4.78, 5) is 4.80. The topological polar surface area (TPSA) is 46.0 Å². The number of unbranched alkanes of at least 4 members (excludes halogenated alkanes) is 1. The van der Waals surface area contributed by atoms with Crippen molar-refractivity contribution < 1.29 is 9.13 Å². The predicted octanol–water partition coefficient (Wildman–Crippen LogP) is 6.00. The van der Waals surface area contributed by atoms with Crippen LogP contribution in [0.25, 0.3) is 0 Å².